The van der Waals surface area contributed by atoms with Crippen molar-refractivity contribution in [2.75, 3.05) is 0 Å². The largest absolute Gasteiger partial charge is 0.212 e. The number of aromatic nitrogens is 1. The molecule has 72 valence electrons. The lowest BCUT2D eigenvalue weighted by Gasteiger charge is -2.02. The first-order valence-electron chi connectivity index (χ1n) is 5.21. The van der Waals surface area contributed by atoms with Gasteiger partial charge in [-0.3, -0.25) is 0 Å². The standard InChI is InChI=1S/C13H16N/c1-3-10-14-11(2)8-9-12-6-4-5-7-13(12)14/h4-9H,3,10H2,1-2H3/q+1. The van der Waals surface area contributed by atoms with Gasteiger partial charge in [-0.2, -0.15) is 4.57 Å². The fraction of sp³-hybridized carbons (Fsp3) is 0.308. The van der Waals surface area contributed by atoms with E-state index in [1.165, 1.54) is 23.0 Å². The van der Waals surface area contributed by atoms with Crippen LogP contribution in [0.2, 0.25) is 0 Å². The molecule has 1 aromatic carbocycles. The number of nitrogens with zero attached hydrogens (tertiary/aromatic N) is 1. The minimum atomic E-state index is 1.10. The fourth-order valence-electron chi connectivity index (χ4n) is 1.89. The molecule has 0 radical (unpaired) electrons. The number of aryl methyl sites for hydroxylation is 2. The summed E-state index contributed by atoms with van der Waals surface area (Å²) in [5, 5.41) is 1.33. The SMILES string of the molecule is CCC[n+]1c(C)ccc2ccccc21. The summed E-state index contributed by atoms with van der Waals surface area (Å²) in [4.78, 5) is 0. The molecule has 0 unspecified atom stereocenters. The molecule has 1 heterocycles. The first kappa shape index (κ1) is 9.20. The zero-order chi connectivity index (χ0) is 9.97. The van der Waals surface area contributed by atoms with E-state index in [2.05, 4.69) is 54.8 Å². The minimum absolute atomic E-state index is 1.10. The molecular formula is C13H16N+. The number of fused-ring (bicyclic) bond motifs is 1. The van der Waals surface area contributed by atoms with E-state index in [0.29, 0.717) is 0 Å². The Kier molecular flexibility index (Phi) is 2.49. The van der Waals surface area contributed by atoms with Gasteiger partial charge in [-0.1, -0.05) is 19.1 Å². The van der Waals surface area contributed by atoms with Crippen molar-refractivity contribution in [3.63, 3.8) is 0 Å². The molecule has 14 heavy (non-hydrogen) atoms. The minimum Gasteiger partial charge on any atom is -0.196 e. The van der Waals surface area contributed by atoms with Gasteiger partial charge in [0.1, 0.15) is 6.54 Å². The molecule has 0 fully saturated rings. The number of hydrogen-bond acceptors (Lipinski definition) is 0. The van der Waals surface area contributed by atoms with E-state index in [-0.39, 0.29) is 0 Å². The third kappa shape index (κ3) is 1.50. The van der Waals surface area contributed by atoms with Crippen LogP contribution < -0.4 is 4.57 Å². The maximum absolute atomic E-state index is 2.38. The molecule has 0 N–H and O–H groups in total. The average Bonchev–Trinajstić information content (AvgIpc) is 2.23. The second kappa shape index (κ2) is 3.79. The molecule has 0 amide bonds. The van der Waals surface area contributed by atoms with E-state index in [1.807, 2.05) is 0 Å². The molecule has 2 rings (SSSR count). The van der Waals surface area contributed by atoms with Gasteiger partial charge in [-0.15, -0.1) is 0 Å². The number of rotatable bonds is 2. The Morgan fingerprint density at radius 2 is 1.86 bits per heavy atom. The summed E-state index contributed by atoms with van der Waals surface area (Å²) in [5.74, 6) is 0. The maximum Gasteiger partial charge on any atom is 0.212 e. The Morgan fingerprint density at radius 3 is 2.64 bits per heavy atom. The number of para-hydroxylation sites is 1. The van der Waals surface area contributed by atoms with Gasteiger partial charge in [-0.25, -0.2) is 0 Å². The summed E-state index contributed by atoms with van der Waals surface area (Å²) in [6, 6.07) is 12.9. The molecule has 0 aliphatic heterocycles. The highest BCUT2D eigenvalue weighted by molar-refractivity contribution is 5.75. The zero-order valence-corrected chi connectivity index (χ0v) is 8.83. The molecule has 0 saturated carbocycles. The molecule has 2 aromatic rings. The topological polar surface area (TPSA) is 3.88 Å². The van der Waals surface area contributed by atoms with Crippen LogP contribution in [0.1, 0.15) is 19.0 Å². The number of hydrogen-bond donors (Lipinski definition) is 0. The highest BCUT2D eigenvalue weighted by atomic mass is 15.0. The Morgan fingerprint density at radius 1 is 1.07 bits per heavy atom. The fourth-order valence-corrected chi connectivity index (χ4v) is 1.89. The molecule has 0 atom stereocenters. The smallest absolute Gasteiger partial charge is 0.196 e. The van der Waals surface area contributed by atoms with Crippen molar-refractivity contribution in [2.45, 2.75) is 26.8 Å². The Labute approximate surface area is 85.0 Å². The molecule has 0 saturated heterocycles. The second-order valence-electron chi connectivity index (χ2n) is 3.69. The van der Waals surface area contributed by atoms with Crippen molar-refractivity contribution in [1.82, 2.24) is 0 Å². The van der Waals surface area contributed by atoms with Crippen molar-refractivity contribution in [2.24, 2.45) is 0 Å². The molecule has 1 nitrogen and oxygen atoms in total. The first-order valence-corrected chi connectivity index (χ1v) is 5.21. The molecule has 0 spiro atoms. The van der Waals surface area contributed by atoms with Crippen LogP contribution in [-0.2, 0) is 6.54 Å². The third-order valence-corrected chi connectivity index (χ3v) is 2.60. The number of benzene rings is 1. The quantitative estimate of drug-likeness (QED) is 0.635. The normalized spacial score (nSPS) is 10.7. The summed E-state index contributed by atoms with van der Waals surface area (Å²) in [6.45, 7) is 5.49. The van der Waals surface area contributed by atoms with Crippen molar-refractivity contribution < 1.29 is 4.57 Å². The third-order valence-electron chi connectivity index (χ3n) is 2.60. The van der Waals surface area contributed by atoms with Crippen LogP contribution in [0, 0.1) is 6.92 Å². The molecule has 0 aliphatic carbocycles. The van der Waals surface area contributed by atoms with Crippen LogP contribution in [0.15, 0.2) is 36.4 Å². The van der Waals surface area contributed by atoms with Crippen molar-refractivity contribution in [3.05, 3.63) is 42.1 Å². The van der Waals surface area contributed by atoms with Gasteiger partial charge in [-0.05, 0) is 12.1 Å². The Bertz CT molecular complexity index is 446. The first-order chi connectivity index (χ1) is 6.83. The van der Waals surface area contributed by atoms with Crippen LogP contribution in [-0.4, -0.2) is 0 Å². The second-order valence-corrected chi connectivity index (χ2v) is 3.69. The Balaban J connectivity index is 2.69. The average molecular weight is 186 g/mol. The van der Waals surface area contributed by atoms with E-state index < -0.39 is 0 Å². The number of pyridine rings is 1. The van der Waals surface area contributed by atoms with Gasteiger partial charge in [0.2, 0.25) is 5.52 Å². The van der Waals surface area contributed by atoms with E-state index in [0.717, 1.165) is 6.54 Å². The highest BCUT2D eigenvalue weighted by Crippen LogP contribution is 2.10. The van der Waals surface area contributed by atoms with Crippen LogP contribution in [0.3, 0.4) is 0 Å². The summed E-state index contributed by atoms with van der Waals surface area (Å²) in [6.07, 6.45) is 1.18. The van der Waals surface area contributed by atoms with Gasteiger partial charge in [0.25, 0.3) is 0 Å². The van der Waals surface area contributed by atoms with Crippen molar-refractivity contribution in [3.8, 4) is 0 Å². The van der Waals surface area contributed by atoms with Crippen molar-refractivity contribution in [1.29, 1.82) is 0 Å². The van der Waals surface area contributed by atoms with E-state index >= 15 is 0 Å². The highest BCUT2D eigenvalue weighted by Gasteiger charge is 2.09. The summed E-state index contributed by atoms with van der Waals surface area (Å²) in [5.41, 5.74) is 2.68. The van der Waals surface area contributed by atoms with Crippen LogP contribution in [0.25, 0.3) is 10.9 Å². The van der Waals surface area contributed by atoms with Gasteiger partial charge >= 0.3 is 0 Å². The van der Waals surface area contributed by atoms with Crippen LogP contribution in [0.4, 0.5) is 0 Å². The lowest BCUT2D eigenvalue weighted by atomic mass is 10.2. The molecule has 0 aliphatic rings. The Hall–Kier alpha value is -1.37. The lowest BCUT2D eigenvalue weighted by Crippen LogP contribution is -2.37. The predicted molar refractivity (Wildman–Crippen MR) is 59.2 cm³/mol. The lowest BCUT2D eigenvalue weighted by molar-refractivity contribution is -0.677. The monoisotopic (exact) mass is 186 g/mol. The molecule has 1 heteroatoms. The summed E-state index contributed by atoms with van der Waals surface area (Å²) < 4.78 is 2.38. The van der Waals surface area contributed by atoms with Gasteiger partial charge in [0, 0.05) is 30.9 Å². The van der Waals surface area contributed by atoms with Gasteiger partial charge in [0.05, 0.1) is 0 Å². The van der Waals surface area contributed by atoms with E-state index in [9.17, 15) is 0 Å². The van der Waals surface area contributed by atoms with Crippen LogP contribution in [0.5, 0.6) is 0 Å². The molecular weight excluding hydrogens is 170 g/mol. The van der Waals surface area contributed by atoms with Crippen LogP contribution >= 0.6 is 0 Å². The van der Waals surface area contributed by atoms with Crippen molar-refractivity contribution >= 4 is 10.9 Å². The summed E-state index contributed by atoms with van der Waals surface area (Å²) in [7, 11) is 0. The van der Waals surface area contributed by atoms with Gasteiger partial charge < -0.3 is 0 Å². The zero-order valence-electron chi connectivity index (χ0n) is 8.83. The van der Waals surface area contributed by atoms with E-state index in [1.54, 1.807) is 0 Å². The van der Waals surface area contributed by atoms with E-state index in [4.69, 9.17) is 0 Å². The molecule has 1 aromatic heterocycles. The summed E-state index contributed by atoms with van der Waals surface area (Å²) >= 11 is 0. The maximum atomic E-state index is 2.38. The molecule has 0 bridgehead atoms. The van der Waals surface area contributed by atoms with Gasteiger partial charge in [0.15, 0.2) is 5.69 Å². The predicted octanol–water partition coefficient (Wildman–Crippen LogP) is 2.85.